The van der Waals surface area contributed by atoms with Gasteiger partial charge in [-0.25, -0.2) is 0 Å². The first kappa shape index (κ1) is 18.1. The highest BCUT2D eigenvalue weighted by atomic mass is 35.5. The summed E-state index contributed by atoms with van der Waals surface area (Å²) in [6.45, 7) is 6.76. The summed E-state index contributed by atoms with van der Waals surface area (Å²) in [7, 11) is 0. The molecule has 0 saturated heterocycles. The predicted octanol–water partition coefficient (Wildman–Crippen LogP) is 5.71. The summed E-state index contributed by atoms with van der Waals surface area (Å²) in [5.41, 5.74) is 2.06. The van der Waals surface area contributed by atoms with Crippen molar-refractivity contribution >= 4 is 23.2 Å². The lowest BCUT2D eigenvalue weighted by Crippen LogP contribution is -2.16. The van der Waals surface area contributed by atoms with Crippen molar-refractivity contribution in [2.75, 3.05) is 6.54 Å². The molecule has 0 unspecified atom stereocenters. The van der Waals surface area contributed by atoms with Crippen LogP contribution >= 0.6 is 23.2 Å². The maximum Gasteiger partial charge on any atom is 0.119 e. The normalized spacial score (nSPS) is 11.0. The topological polar surface area (TPSA) is 21.3 Å². The van der Waals surface area contributed by atoms with Crippen LogP contribution in [0.5, 0.6) is 5.75 Å². The Kier molecular flexibility index (Phi) is 7.22. The van der Waals surface area contributed by atoms with Crippen molar-refractivity contribution in [3.63, 3.8) is 0 Å². The Morgan fingerprint density at radius 3 is 2.26 bits per heavy atom. The first-order valence-corrected chi connectivity index (χ1v) is 8.67. The minimum atomic E-state index is 0.366. The maximum absolute atomic E-state index is 6.14. The molecule has 0 aliphatic carbocycles. The Hall–Kier alpha value is -1.22. The van der Waals surface area contributed by atoms with Crippen LogP contribution in [0.4, 0.5) is 0 Å². The summed E-state index contributed by atoms with van der Waals surface area (Å²) in [6, 6.07) is 13.6. The van der Waals surface area contributed by atoms with E-state index < -0.39 is 0 Å². The zero-order valence-electron chi connectivity index (χ0n) is 13.6. The molecule has 4 heteroatoms. The Labute approximate surface area is 148 Å². The first-order valence-electron chi connectivity index (χ1n) is 7.91. The third-order valence-corrected chi connectivity index (χ3v) is 4.30. The van der Waals surface area contributed by atoms with E-state index >= 15 is 0 Å². The third kappa shape index (κ3) is 6.06. The molecule has 2 rings (SSSR count). The number of hydrogen-bond acceptors (Lipinski definition) is 2. The van der Waals surface area contributed by atoms with E-state index in [1.165, 1.54) is 12.0 Å². The lowest BCUT2D eigenvalue weighted by Gasteiger charge is -2.10. The molecule has 0 fully saturated rings. The van der Waals surface area contributed by atoms with E-state index in [2.05, 4.69) is 31.3 Å². The Balaban J connectivity index is 1.83. The first-order chi connectivity index (χ1) is 11.1. The van der Waals surface area contributed by atoms with Gasteiger partial charge in [0, 0.05) is 22.2 Å². The second-order valence-electron chi connectivity index (χ2n) is 5.99. The molecule has 1 N–H and O–H groups in total. The fourth-order valence-electron chi connectivity index (χ4n) is 2.15. The third-order valence-electron chi connectivity index (χ3n) is 3.60. The molecule has 0 amide bonds. The van der Waals surface area contributed by atoms with Gasteiger partial charge in [-0.1, -0.05) is 55.2 Å². The second-order valence-corrected chi connectivity index (χ2v) is 6.81. The van der Waals surface area contributed by atoms with E-state index in [4.69, 9.17) is 27.9 Å². The van der Waals surface area contributed by atoms with Crippen LogP contribution in [0.15, 0.2) is 42.5 Å². The zero-order chi connectivity index (χ0) is 16.7. The Morgan fingerprint density at radius 2 is 1.65 bits per heavy atom. The van der Waals surface area contributed by atoms with Crippen LogP contribution in [0, 0.1) is 5.92 Å². The van der Waals surface area contributed by atoms with Gasteiger partial charge in [-0.05, 0) is 48.7 Å². The Morgan fingerprint density at radius 1 is 1.00 bits per heavy atom. The average molecular weight is 352 g/mol. The zero-order valence-corrected chi connectivity index (χ0v) is 15.1. The molecule has 2 aromatic rings. The van der Waals surface area contributed by atoms with Gasteiger partial charge in [0.15, 0.2) is 0 Å². The minimum Gasteiger partial charge on any atom is -0.489 e. The molecule has 0 aromatic heterocycles. The van der Waals surface area contributed by atoms with E-state index in [9.17, 15) is 0 Å². The summed E-state index contributed by atoms with van der Waals surface area (Å²) in [6.07, 6.45) is 1.19. The molecule has 0 radical (unpaired) electrons. The summed E-state index contributed by atoms with van der Waals surface area (Å²) < 4.78 is 5.78. The highest BCUT2D eigenvalue weighted by molar-refractivity contribution is 6.35. The van der Waals surface area contributed by atoms with Gasteiger partial charge in [-0.15, -0.1) is 0 Å². The molecule has 0 saturated carbocycles. The van der Waals surface area contributed by atoms with Crippen molar-refractivity contribution in [3.8, 4) is 5.75 Å². The lowest BCUT2D eigenvalue weighted by atomic mass is 10.1. The monoisotopic (exact) mass is 351 g/mol. The number of rotatable bonds is 8. The molecule has 0 aliphatic heterocycles. The van der Waals surface area contributed by atoms with Gasteiger partial charge in [0.2, 0.25) is 0 Å². The van der Waals surface area contributed by atoms with Gasteiger partial charge in [-0.3, -0.25) is 0 Å². The fourth-order valence-corrected chi connectivity index (χ4v) is 2.66. The van der Waals surface area contributed by atoms with Crippen molar-refractivity contribution in [2.24, 2.45) is 5.92 Å². The number of hydrogen-bond donors (Lipinski definition) is 1. The molecule has 23 heavy (non-hydrogen) atoms. The fraction of sp³-hybridized carbons (Fsp3) is 0.368. The van der Waals surface area contributed by atoms with Crippen LogP contribution in [0.3, 0.4) is 0 Å². The van der Waals surface area contributed by atoms with Crippen LogP contribution in [-0.2, 0) is 13.2 Å². The molecule has 0 heterocycles. The van der Waals surface area contributed by atoms with Crippen molar-refractivity contribution < 1.29 is 4.74 Å². The molecule has 0 bridgehead atoms. The number of nitrogens with one attached hydrogen (secondary N) is 1. The molecule has 0 aliphatic rings. The lowest BCUT2D eigenvalue weighted by molar-refractivity contribution is 0.306. The van der Waals surface area contributed by atoms with Crippen LogP contribution in [0.2, 0.25) is 10.0 Å². The SMILES string of the molecule is CC(C)CCNCc1ccc(OCc2c(Cl)cccc2Cl)cc1. The van der Waals surface area contributed by atoms with Crippen LogP contribution < -0.4 is 10.1 Å². The van der Waals surface area contributed by atoms with Gasteiger partial charge in [0.1, 0.15) is 12.4 Å². The molecule has 2 nitrogen and oxygen atoms in total. The van der Waals surface area contributed by atoms with Crippen LogP contribution in [0.25, 0.3) is 0 Å². The standard InChI is InChI=1S/C19H23Cl2NO/c1-14(2)10-11-22-12-15-6-8-16(9-7-15)23-13-17-18(20)4-3-5-19(17)21/h3-9,14,22H,10-13H2,1-2H3. The van der Waals surface area contributed by atoms with E-state index in [1.807, 2.05) is 30.3 Å². The second kappa shape index (κ2) is 9.17. The molecule has 124 valence electrons. The van der Waals surface area contributed by atoms with Crippen molar-refractivity contribution in [2.45, 2.75) is 33.4 Å². The van der Waals surface area contributed by atoms with E-state index in [-0.39, 0.29) is 0 Å². The smallest absolute Gasteiger partial charge is 0.119 e. The van der Waals surface area contributed by atoms with Crippen LogP contribution in [0.1, 0.15) is 31.4 Å². The quantitative estimate of drug-likeness (QED) is 0.615. The maximum atomic E-state index is 6.14. The van der Waals surface area contributed by atoms with E-state index in [1.54, 1.807) is 0 Å². The van der Waals surface area contributed by atoms with Gasteiger partial charge >= 0.3 is 0 Å². The van der Waals surface area contributed by atoms with E-state index in [0.29, 0.717) is 16.7 Å². The largest absolute Gasteiger partial charge is 0.489 e. The summed E-state index contributed by atoms with van der Waals surface area (Å²) in [5.74, 6) is 1.54. The molecular formula is C19H23Cl2NO. The van der Waals surface area contributed by atoms with Gasteiger partial charge < -0.3 is 10.1 Å². The van der Waals surface area contributed by atoms with Gasteiger partial charge in [0.25, 0.3) is 0 Å². The summed E-state index contributed by atoms with van der Waals surface area (Å²) in [5, 5.41) is 4.71. The Bertz CT molecular complexity index is 591. The molecular weight excluding hydrogens is 329 g/mol. The molecule has 2 aromatic carbocycles. The number of halogens is 2. The molecule has 0 atom stereocenters. The van der Waals surface area contributed by atoms with E-state index in [0.717, 1.165) is 30.3 Å². The van der Waals surface area contributed by atoms with Crippen molar-refractivity contribution in [3.05, 3.63) is 63.6 Å². The van der Waals surface area contributed by atoms with Crippen molar-refractivity contribution in [1.82, 2.24) is 5.32 Å². The minimum absolute atomic E-state index is 0.366. The van der Waals surface area contributed by atoms with Crippen molar-refractivity contribution in [1.29, 1.82) is 0 Å². The summed E-state index contributed by atoms with van der Waals surface area (Å²) in [4.78, 5) is 0. The number of ether oxygens (including phenoxy) is 1. The van der Waals surface area contributed by atoms with Crippen LogP contribution in [-0.4, -0.2) is 6.54 Å². The number of benzene rings is 2. The summed E-state index contributed by atoms with van der Waals surface area (Å²) >= 11 is 12.3. The van der Waals surface area contributed by atoms with Gasteiger partial charge in [0.05, 0.1) is 0 Å². The highest BCUT2D eigenvalue weighted by Gasteiger charge is 2.06. The predicted molar refractivity (Wildman–Crippen MR) is 98.4 cm³/mol. The average Bonchev–Trinajstić information content (AvgIpc) is 2.52. The molecule has 0 spiro atoms. The van der Waals surface area contributed by atoms with Gasteiger partial charge in [-0.2, -0.15) is 0 Å². The highest BCUT2D eigenvalue weighted by Crippen LogP contribution is 2.25.